The summed E-state index contributed by atoms with van der Waals surface area (Å²) in [5, 5.41) is 5.79. The number of esters is 1. The molecule has 0 aliphatic heterocycles. The number of carbonyl (C=O) groups excluding carboxylic acids is 2. The average molecular weight is 266 g/mol. The Morgan fingerprint density at radius 2 is 2.00 bits per heavy atom. The summed E-state index contributed by atoms with van der Waals surface area (Å²) in [5.74, 6) is 2.25. The van der Waals surface area contributed by atoms with Crippen molar-refractivity contribution in [1.82, 2.24) is 10.6 Å². The zero-order valence-electron chi connectivity index (χ0n) is 11.4. The Kier molecular flexibility index (Phi) is 6.98. The quantitative estimate of drug-likeness (QED) is 0.416. The first-order valence-electron chi connectivity index (χ1n) is 6.77. The minimum Gasteiger partial charge on any atom is -0.466 e. The smallest absolute Gasteiger partial charge is 0.308 e. The normalized spacial score (nSPS) is 22.3. The lowest BCUT2D eigenvalue weighted by Crippen LogP contribution is -2.42. The maximum absolute atomic E-state index is 11.6. The Labute approximate surface area is 114 Å². The molecule has 0 bridgehead atoms. The van der Waals surface area contributed by atoms with Crippen LogP contribution in [0.4, 0.5) is 0 Å². The third-order valence-corrected chi connectivity index (χ3v) is 3.22. The van der Waals surface area contributed by atoms with Crippen LogP contribution in [0, 0.1) is 18.3 Å². The van der Waals surface area contributed by atoms with Crippen LogP contribution in [-0.4, -0.2) is 37.6 Å². The minimum absolute atomic E-state index is 0.00679. The van der Waals surface area contributed by atoms with Crippen LogP contribution < -0.4 is 10.6 Å². The van der Waals surface area contributed by atoms with Gasteiger partial charge in [-0.15, -0.1) is 6.42 Å². The molecule has 0 saturated heterocycles. The maximum atomic E-state index is 11.6. The van der Waals surface area contributed by atoms with Crippen LogP contribution in [-0.2, 0) is 14.3 Å². The molecule has 0 atom stereocenters. The molecule has 1 fully saturated rings. The molecule has 0 aromatic carbocycles. The molecule has 1 rings (SSSR count). The third-order valence-electron chi connectivity index (χ3n) is 3.22. The van der Waals surface area contributed by atoms with Crippen LogP contribution in [0.1, 0.15) is 32.6 Å². The van der Waals surface area contributed by atoms with Gasteiger partial charge < -0.3 is 10.1 Å². The number of rotatable bonds is 6. The van der Waals surface area contributed by atoms with Crippen molar-refractivity contribution >= 4 is 11.9 Å². The summed E-state index contributed by atoms with van der Waals surface area (Å²) in [6.45, 7) is 2.87. The molecule has 0 heterocycles. The van der Waals surface area contributed by atoms with E-state index in [9.17, 15) is 9.59 Å². The summed E-state index contributed by atoms with van der Waals surface area (Å²) < 4.78 is 5.01. The molecule has 0 aromatic rings. The summed E-state index contributed by atoms with van der Waals surface area (Å²) in [7, 11) is 0. The number of hydrogen-bond donors (Lipinski definition) is 2. The second kappa shape index (κ2) is 8.54. The minimum atomic E-state index is -0.108. The lowest BCUT2D eigenvalue weighted by molar-refractivity contribution is -0.149. The molecule has 0 unspecified atom stereocenters. The molecule has 1 amide bonds. The zero-order chi connectivity index (χ0) is 14.1. The first-order chi connectivity index (χ1) is 9.17. The summed E-state index contributed by atoms with van der Waals surface area (Å²) >= 11 is 0. The van der Waals surface area contributed by atoms with Gasteiger partial charge in [-0.3, -0.25) is 14.9 Å². The fourth-order valence-corrected chi connectivity index (χ4v) is 2.26. The fraction of sp³-hybridized carbons (Fsp3) is 0.714. The van der Waals surface area contributed by atoms with E-state index in [1.165, 1.54) is 0 Å². The zero-order valence-corrected chi connectivity index (χ0v) is 11.4. The Morgan fingerprint density at radius 3 is 2.58 bits per heavy atom. The van der Waals surface area contributed by atoms with Crippen LogP contribution >= 0.6 is 0 Å². The van der Waals surface area contributed by atoms with Gasteiger partial charge in [0, 0.05) is 6.04 Å². The number of carbonyl (C=O) groups is 2. The van der Waals surface area contributed by atoms with Crippen molar-refractivity contribution in [2.75, 3.05) is 19.7 Å². The number of nitrogens with one attached hydrogen (secondary N) is 2. The molecule has 1 aliphatic rings. The maximum Gasteiger partial charge on any atom is 0.308 e. The topological polar surface area (TPSA) is 67.4 Å². The van der Waals surface area contributed by atoms with Crippen LogP contribution in [0.25, 0.3) is 0 Å². The summed E-state index contributed by atoms with van der Waals surface area (Å²) in [5.41, 5.74) is 0. The summed E-state index contributed by atoms with van der Waals surface area (Å²) in [4.78, 5) is 23.1. The van der Waals surface area contributed by atoms with Gasteiger partial charge in [0.1, 0.15) is 0 Å². The van der Waals surface area contributed by atoms with Crippen molar-refractivity contribution in [2.45, 2.75) is 38.6 Å². The molecule has 2 N–H and O–H groups in total. The highest BCUT2D eigenvalue weighted by Gasteiger charge is 2.27. The average Bonchev–Trinajstić information content (AvgIpc) is 2.40. The second-order valence-corrected chi connectivity index (χ2v) is 4.68. The molecule has 0 spiro atoms. The van der Waals surface area contributed by atoms with Crippen molar-refractivity contribution in [3.63, 3.8) is 0 Å². The molecule has 0 aromatic heterocycles. The van der Waals surface area contributed by atoms with E-state index in [0.717, 1.165) is 25.7 Å². The Morgan fingerprint density at radius 1 is 1.32 bits per heavy atom. The monoisotopic (exact) mass is 266 g/mol. The number of amides is 1. The van der Waals surface area contributed by atoms with E-state index in [2.05, 4.69) is 16.6 Å². The highest BCUT2D eigenvalue weighted by Crippen LogP contribution is 2.25. The SMILES string of the molecule is C#CCNCC(=O)NC1CCC(C(=O)OCC)CC1. The highest BCUT2D eigenvalue weighted by atomic mass is 16.5. The Bertz CT molecular complexity index is 341. The predicted molar refractivity (Wildman–Crippen MR) is 72.2 cm³/mol. The van der Waals surface area contributed by atoms with Gasteiger partial charge in [-0.05, 0) is 32.6 Å². The van der Waals surface area contributed by atoms with Crippen LogP contribution in [0.2, 0.25) is 0 Å². The van der Waals surface area contributed by atoms with E-state index in [1.54, 1.807) is 0 Å². The van der Waals surface area contributed by atoms with Gasteiger partial charge in [-0.2, -0.15) is 0 Å². The van der Waals surface area contributed by atoms with Gasteiger partial charge >= 0.3 is 5.97 Å². The molecular weight excluding hydrogens is 244 g/mol. The molecular formula is C14H22N2O3. The Balaban J connectivity index is 2.21. The molecule has 0 radical (unpaired) electrons. The molecule has 1 aliphatic carbocycles. The first-order valence-corrected chi connectivity index (χ1v) is 6.77. The highest BCUT2D eigenvalue weighted by molar-refractivity contribution is 5.78. The van der Waals surface area contributed by atoms with E-state index >= 15 is 0 Å². The second-order valence-electron chi connectivity index (χ2n) is 4.68. The van der Waals surface area contributed by atoms with Crippen LogP contribution in [0.15, 0.2) is 0 Å². The van der Waals surface area contributed by atoms with Crippen LogP contribution in [0.5, 0.6) is 0 Å². The number of ether oxygens (including phenoxy) is 1. The molecule has 19 heavy (non-hydrogen) atoms. The van der Waals surface area contributed by atoms with E-state index < -0.39 is 0 Å². The van der Waals surface area contributed by atoms with Crippen molar-refractivity contribution in [3.05, 3.63) is 0 Å². The van der Waals surface area contributed by atoms with E-state index in [4.69, 9.17) is 11.2 Å². The van der Waals surface area contributed by atoms with Crippen molar-refractivity contribution in [2.24, 2.45) is 5.92 Å². The van der Waals surface area contributed by atoms with E-state index in [-0.39, 0.29) is 30.4 Å². The largest absolute Gasteiger partial charge is 0.466 e. The van der Waals surface area contributed by atoms with Crippen molar-refractivity contribution in [3.8, 4) is 12.3 Å². The van der Waals surface area contributed by atoms with Gasteiger partial charge in [0.15, 0.2) is 0 Å². The van der Waals surface area contributed by atoms with E-state index in [1.807, 2.05) is 6.92 Å². The summed E-state index contributed by atoms with van der Waals surface area (Å²) in [6.07, 6.45) is 8.29. The van der Waals surface area contributed by atoms with Gasteiger partial charge in [0.05, 0.1) is 25.6 Å². The van der Waals surface area contributed by atoms with Crippen molar-refractivity contribution in [1.29, 1.82) is 0 Å². The lowest BCUT2D eigenvalue weighted by atomic mass is 9.86. The first kappa shape index (κ1) is 15.5. The van der Waals surface area contributed by atoms with Crippen LogP contribution in [0.3, 0.4) is 0 Å². The lowest BCUT2D eigenvalue weighted by Gasteiger charge is -2.27. The number of hydrogen-bond acceptors (Lipinski definition) is 4. The molecule has 5 nitrogen and oxygen atoms in total. The third kappa shape index (κ3) is 5.75. The Hall–Kier alpha value is -1.54. The number of terminal acetylenes is 1. The van der Waals surface area contributed by atoms with Crippen molar-refractivity contribution < 1.29 is 14.3 Å². The molecule has 106 valence electrons. The summed E-state index contributed by atoms with van der Waals surface area (Å²) in [6, 6.07) is 0.158. The standard InChI is InChI=1S/C14H22N2O3/c1-3-9-15-10-13(17)16-12-7-5-11(6-8-12)14(18)19-4-2/h1,11-12,15H,4-10H2,2H3,(H,16,17). The van der Waals surface area contributed by atoms with Gasteiger partial charge in [0.2, 0.25) is 5.91 Å². The van der Waals surface area contributed by atoms with Gasteiger partial charge in [-0.25, -0.2) is 0 Å². The predicted octanol–water partition coefficient (Wildman–Crippen LogP) is 0.447. The fourth-order valence-electron chi connectivity index (χ4n) is 2.26. The molecule has 1 saturated carbocycles. The van der Waals surface area contributed by atoms with E-state index in [0.29, 0.717) is 13.2 Å². The van der Waals surface area contributed by atoms with Gasteiger partial charge in [-0.1, -0.05) is 5.92 Å². The molecule has 5 heteroatoms. The van der Waals surface area contributed by atoms with Gasteiger partial charge in [0.25, 0.3) is 0 Å².